The molecular formula is C19H24N2O2. The second-order valence-electron chi connectivity index (χ2n) is 5.60. The van der Waals surface area contributed by atoms with Crippen LogP contribution < -0.4 is 0 Å². The maximum absolute atomic E-state index is 12.7. The van der Waals surface area contributed by atoms with Crippen molar-refractivity contribution in [3.8, 4) is 0 Å². The Labute approximate surface area is 138 Å². The van der Waals surface area contributed by atoms with Gasteiger partial charge in [-0.1, -0.05) is 35.9 Å². The van der Waals surface area contributed by atoms with E-state index < -0.39 is 6.10 Å². The van der Waals surface area contributed by atoms with E-state index in [9.17, 15) is 4.79 Å². The van der Waals surface area contributed by atoms with Crippen molar-refractivity contribution >= 4 is 5.91 Å². The third-order valence-corrected chi connectivity index (χ3v) is 4.03. The molecule has 0 aliphatic heterocycles. The summed E-state index contributed by atoms with van der Waals surface area (Å²) in [6.45, 7) is 6.41. The first-order chi connectivity index (χ1) is 11.1. The first-order valence-electron chi connectivity index (χ1n) is 7.88. The molecule has 0 radical (unpaired) electrons. The van der Waals surface area contributed by atoms with Crippen LogP contribution >= 0.6 is 0 Å². The zero-order valence-electron chi connectivity index (χ0n) is 14.2. The molecule has 1 heterocycles. The van der Waals surface area contributed by atoms with Crippen LogP contribution in [-0.2, 0) is 9.53 Å². The summed E-state index contributed by atoms with van der Waals surface area (Å²) in [6.07, 6.45) is 3.09. The number of aryl methyl sites for hydroxylation is 1. The third-order valence-electron chi connectivity index (χ3n) is 4.03. The smallest absolute Gasteiger partial charge is 0.252 e. The van der Waals surface area contributed by atoms with Gasteiger partial charge in [-0.25, -0.2) is 0 Å². The highest BCUT2D eigenvalue weighted by molar-refractivity contribution is 5.81. The van der Waals surface area contributed by atoms with Gasteiger partial charge in [0, 0.05) is 26.0 Å². The molecule has 2 atom stereocenters. The number of ether oxygens (including phenoxy) is 1. The van der Waals surface area contributed by atoms with Crippen LogP contribution in [0.4, 0.5) is 0 Å². The lowest BCUT2D eigenvalue weighted by atomic mass is 9.97. The molecule has 2 unspecified atom stereocenters. The van der Waals surface area contributed by atoms with E-state index >= 15 is 0 Å². The summed E-state index contributed by atoms with van der Waals surface area (Å²) in [5.74, 6) is -0.0237. The van der Waals surface area contributed by atoms with Gasteiger partial charge in [0.05, 0.1) is 6.04 Å². The van der Waals surface area contributed by atoms with Crippen molar-refractivity contribution in [2.24, 2.45) is 0 Å². The highest BCUT2D eigenvalue weighted by Crippen LogP contribution is 2.29. The molecule has 1 amide bonds. The van der Waals surface area contributed by atoms with Crippen molar-refractivity contribution in [2.45, 2.75) is 32.9 Å². The standard InChI is InChI=1S/C19H24N2O2/c1-5-21(19(22)15(3)23-4)18(17-7-6-12-20-13-17)16-10-8-14(2)9-11-16/h6-13,15,18H,5H2,1-4H3. The van der Waals surface area contributed by atoms with Crippen LogP contribution in [0.25, 0.3) is 0 Å². The normalized spacial score (nSPS) is 13.4. The maximum Gasteiger partial charge on any atom is 0.252 e. The average molecular weight is 312 g/mol. The van der Waals surface area contributed by atoms with Gasteiger partial charge in [0.25, 0.3) is 5.91 Å². The Bertz CT molecular complexity index is 626. The van der Waals surface area contributed by atoms with E-state index in [0.29, 0.717) is 6.54 Å². The second-order valence-corrected chi connectivity index (χ2v) is 5.60. The number of rotatable bonds is 6. The Kier molecular flexibility index (Phi) is 5.88. The topological polar surface area (TPSA) is 42.4 Å². The maximum atomic E-state index is 12.7. The summed E-state index contributed by atoms with van der Waals surface area (Å²) in [7, 11) is 1.56. The molecule has 122 valence electrons. The van der Waals surface area contributed by atoms with E-state index in [4.69, 9.17) is 4.74 Å². The first kappa shape index (κ1) is 17.2. The highest BCUT2D eigenvalue weighted by Gasteiger charge is 2.28. The van der Waals surface area contributed by atoms with Crippen LogP contribution in [0.3, 0.4) is 0 Å². The summed E-state index contributed by atoms with van der Waals surface area (Å²) in [6, 6.07) is 12.0. The number of amides is 1. The van der Waals surface area contributed by atoms with E-state index in [1.807, 2.05) is 30.2 Å². The second kappa shape index (κ2) is 7.88. The lowest BCUT2D eigenvalue weighted by Crippen LogP contribution is -2.41. The monoisotopic (exact) mass is 312 g/mol. The average Bonchev–Trinajstić information content (AvgIpc) is 2.60. The molecule has 0 aliphatic rings. The number of likely N-dealkylation sites (N-methyl/N-ethyl adjacent to an activating group) is 1. The van der Waals surface area contributed by atoms with Gasteiger partial charge < -0.3 is 9.64 Å². The Hall–Kier alpha value is -2.20. The number of carbonyl (C=O) groups excluding carboxylic acids is 1. The molecule has 2 aromatic rings. The zero-order valence-corrected chi connectivity index (χ0v) is 14.2. The van der Waals surface area contributed by atoms with Crippen molar-refractivity contribution < 1.29 is 9.53 Å². The van der Waals surface area contributed by atoms with E-state index in [0.717, 1.165) is 11.1 Å². The molecule has 0 N–H and O–H groups in total. The molecule has 2 rings (SSSR count). The number of hydrogen-bond acceptors (Lipinski definition) is 3. The fourth-order valence-corrected chi connectivity index (χ4v) is 2.64. The number of carbonyl (C=O) groups is 1. The minimum Gasteiger partial charge on any atom is -0.372 e. The van der Waals surface area contributed by atoms with Gasteiger partial charge in [0.2, 0.25) is 0 Å². The van der Waals surface area contributed by atoms with Crippen molar-refractivity contribution in [2.75, 3.05) is 13.7 Å². The Balaban J connectivity index is 2.48. The molecule has 0 fully saturated rings. The van der Waals surface area contributed by atoms with Gasteiger partial charge in [-0.2, -0.15) is 0 Å². The van der Waals surface area contributed by atoms with Gasteiger partial charge in [0.15, 0.2) is 0 Å². The fraction of sp³-hybridized carbons (Fsp3) is 0.368. The van der Waals surface area contributed by atoms with E-state index in [2.05, 4.69) is 36.2 Å². The number of methoxy groups -OCH3 is 1. The van der Waals surface area contributed by atoms with Gasteiger partial charge >= 0.3 is 0 Å². The Morgan fingerprint density at radius 2 is 1.91 bits per heavy atom. The minimum atomic E-state index is -0.473. The zero-order chi connectivity index (χ0) is 16.8. The van der Waals surface area contributed by atoms with Crippen LogP contribution in [0.2, 0.25) is 0 Å². The van der Waals surface area contributed by atoms with E-state index in [-0.39, 0.29) is 11.9 Å². The summed E-state index contributed by atoms with van der Waals surface area (Å²) in [5.41, 5.74) is 3.26. The van der Waals surface area contributed by atoms with Crippen LogP contribution in [0.1, 0.15) is 36.6 Å². The molecular weight excluding hydrogens is 288 g/mol. The van der Waals surface area contributed by atoms with E-state index in [1.165, 1.54) is 5.56 Å². The summed E-state index contributed by atoms with van der Waals surface area (Å²) in [4.78, 5) is 18.8. The lowest BCUT2D eigenvalue weighted by Gasteiger charge is -2.33. The summed E-state index contributed by atoms with van der Waals surface area (Å²) >= 11 is 0. The van der Waals surface area contributed by atoms with Crippen molar-refractivity contribution in [3.63, 3.8) is 0 Å². The summed E-state index contributed by atoms with van der Waals surface area (Å²) < 4.78 is 5.23. The van der Waals surface area contributed by atoms with Crippen molar-refractivity contribution in [3.05, 3.63) is 65.5 Å². The molecule has 23 heavy (non-hydrogen) atoms. The molecule has 0 saturated carbocycles. The number of hydrogen-bond donors (Lipinski definition) is 0. The Morgan fingerprint density at radius 3 is 2.43 bits per heavy atom. The molecule has 1 aromatic carbocycles. The number of nitrogens with zero attached hydrogens (tertiary/aromatic N) is 2. The van der Waals surface area contributed by atoms with Crippen LogP contribution in [0.15, 0.2) is 48.8 Å². The largest absolute Gasteiger partial charge is 0.372 e. The quantitative estimate of drug-likeness (QED) is 0.821. The van der Waals surface area contributed by atoms with Crippen LogP contribution in [0, 0.1) is 6.92 Å². The number of benzene rings is 1. The number of aromatic nitrogens is 1. The molecule has 1 aromatic heterocycles. The predicted molar refractivity (Wildman–Crippen MR) is 91.1 cm³/mol. The van der Waals surface area contributed by atoms with Gasteiger partial charge in [0.1, 0.15) is 6.10 Å². The van der Waals surface area contributed by atoms with Crippen LogP contribution in [-0.4, -0.2) is 35.5 Å². The van der Waals surface area contributed by atoms with Crippen molar-refractivity contribution in [1.82, 2.24) is 9.88 Å². The molecule has 0 saturated heterocycles. The molecule has 0 aliphatic carbocycles. The fourth-order valence-electron chi connectivity index (χ4n) is 2.64. The van der Waals surface area contributed by atoms with E-state index in [1.54, 1.807) is 20.2 Å². The van der Waals surface area contributed by atoms with Gasteiger partial charge in [-0.05, 0) is 38.0 Å². The molecule has 4 heteroatoms. The molecule has 0 spiro atoms. The Morgan fingerprint density at radius 1 is 1.22 bits per heavy atom. The van der Waals surface area contributed by atoms with Crippen LogP contribution in [0.5, 0.6) is 0 Å². The summed E-state index contributed by atoms with van der Waals surface area (Å²) in [5, 5.41) is 0. The first-order valence-corrected chi connectivity index (χ1v) is 7.88. The highest BCUT2D eigenvalue weighted by atomic mass is 16.5. The molecule has 0 bridgehead atoms. The minimum absolute atomic E-state index is 0.0237. The number of pyridine rings is 1. The van der Waals surface area contributed by atoms with Gasteiger partial charge in [-0.15, -0.1) is 0 Å². The van der Waals surface area contributed by atoms with Crippen molar-refractivity contribution in [1.29, 1.82) is 0 Å². The predicted octanol–water partition coefficient (Wildman–Crippen LogP) is 3.36. The molecule has 4 nitrogen and oxygen atoms in total. The van der Waals surface area contributed by atoms with Gasteiger partial charge in [-0.3, -0.25) is 9.78 Å². The third kappa shape index (κ3) is 3.96. The SMILES string of the molecule is CCN(C(=O)C(C)OC)C(c1ccc(C)cc1)c1cccnc1. The lowest BCUT2D eigenvalue weighted by molar-refractivity contribution is -0.142.